The van der Waals surface area contributed by atoms with Gasteiger partial charge in [-0.3, -0.25) is 4.79 Å². The summed E-state index contributed by atoms with van der Waals surface area (Å²) >= 11 is 12.5. The molecule has 0 aliphatic carbocycles. The molecule has 140 valence electrons. The van der Waals surface area contributed by atoms with Gasteiger partial charge in [0.15, 0.2) is 5.78 Å². The van der Waals surface area contributed by atoms with Crippen molar-refractivity contribution in [2.24, 2.45) is 0 Å². The number of hydrogen-bond acceptors (Lipinski definition) is 2. The molecule has 4 aromatic rings. The second kappa shape index (κ2) is 7.34. The van der Waals surface area contributed by atoms with Crippen LogP contribution in [-0.2, 0) is 6.42 Å². The van der Waals surface area contributed by atoms with Crippen LogP contribution in [0.2, 0.25) is 10.0 Å². The van der Waals surface area contributed by atoms with Gasteiger partial charge >= 0.3 is 0 Å². The zero-order chi connectivity index (χ0) is 19.8. The van der Waals surface area contributed by atoms with E-state index in [1.807, 2.05) is 0 Å². The summed E-state index contributed by atoms with van der Waals surface area (Å²) in [5, 5.41) is 0.909. The largest absolute Gasteiger partial charge is 0.338 e. The zero-order valence-corrected chi connectivity index (χ0v) is 15.8. The summed E-state index contributed by atoms with van der Waals surface area (Å²) in [7, 11) is 0. The highest BCUT2D eigenvalue weighted by Gasteiger charge is 2.15. The van der Waals surface area contributed by atoms with Crippen molar-refractivity contribution in [3.05, 3.63) is 87.4 Å². The number of ketones is 1. The smallest absolute Gasteiger partial charge is 0.167 e. The van der Waals surface area contributed by atoms with Crippen molar-refractivity contribution in [2.75, 3.05) is 0 Å². The van der Waals surface area contributed by atoms with Gasteiger partial charge in [0, 0.05) is 18.1 Å². The fraction of sp³-hybridized carbons (Fsp3) is 0.0476. The number of carbonyl (C=O) groups excluding carboxylic acids is 1. The van der Waals surface area contributed by atoms with Crippen molar-refractivity contribution in [1.29, 1.82) is 0 Å². The Balaban J connectivity index is 1.67. The first kappa shape index (κ1) is 18.6. The SMILES string of the molecule is O=C(Cc1cc(F)cc(F)c1)c1ccc2nc(-c3c(Cl)cccc3Cl)[nH]c2c1. The lowest BCUT2D eigenvalue weighted by Crippen LogP contribution is -2.04. The highest BCUT2D eigenvalue weighted by atomic mass is 35.5. The average Bonchev–Trinajstić information content (AvgIpc) is 3.03. The Morgan fingerprint density at radius 2 is 1.64 bits per heavy atom. The van der Waals surface area contributed by atoms with Gasteiger partial charge in [-0.15, -0.1) is 0 Å². The molecule has 28 heavy (non-hydrogen) atoms. The molecule has 3 nitrogen and oxygen atoms in total. The normalized spacial score (nSPS) is 11.1. The number of H-pyrrole nitrogens is 1. The van der Waals surface area contributed by atoms with E-state index in [1.165, 1.54) is 0 Å². The van der Waals surface area contributed by atoms with Crippen molar-refractivity contribution >= 4 is 40.0 Å². The molecule has 0 spiro atoms. The Bertz CT molecular complexity index is 1180. The Hall–Kier alpha value is -2.76. The van der Waals surface area contributed by atoms with Gasteiger partial charge in [-0.05, 0) is 48.0 Å². The molecule has 0 aliphatic heterocycles. The number of benzene rings is 3. The third-order valence-corrected chi connectivity index (χ3v) is 4.92. The third kappa shape index (κ3) is 3.63. The Morgan fingerprint density at radius 1 is 0.964 bits per heavy atom. The number of Topliss-reactive ketones (excluding diaryl/α,β-unsaturated/α-hetero) is 1. The number of hydrogen-bond donors (Lipinski definition) is 1. The maximum Gasteiger partial charge on any atom is 0.167 e. The lowest BCUT2D eigenvalue weighted by molar-refractivity contribution is 0.0993. The molecule has 0 saturated carbocycles. The van der Waals surface area contributed by atoms with Gasteiger partial charge in [0.1, 0.15) is 17.5 Å². The first-order chi connectivity index (χ1) is 13.4. The lowest BCUT2D eigenvalue weighted by Gasteiger charge is -2.03. The molecular formula is C21H12Cl2F2N2O. The molecule has 0 bridgehead atoms. The van der Waals surface area contributed by atoms with Crippen LogP contribution in [-0.4, -0.2) is 15.8 Å². The predicted molar refractivity (Wildman–Crippen MR) is 106 cm³/mol. The van der Waals surface area contributed by atoms with Gasteiger partial charge in [0.05, 0.1) is 26.6 Å². The van der Waals surface area contributed by atoms with E-state index in [9.17, 15) is 13.6 Å². The number of carbonyl (C=O) groups is 1. The fourth-order valence-corrected chi connectivity index (χ4v) is 3.60. The van der Waals surface area contributed by atoms with Gasteiger partial charge in [0.2, 0.25) is 0 Å². The van der Waals surface area contributed by atoms with E-state index in [2.05, 4.69) is 9.97 Å². The predicted octanol–water partition coefficient (Wildman–Crippen LogP) is 6.24. The number of fused-ring (bicyclic) bond motifs is 1. The Morgan fingerprint density at radius 3 is 2.32 bits per heavy atom. The van der Waals surface area contributed by atoms with Crippen molar-refractivity contribution in [3.63, 3.8) is 0 Å². The van der Waals surface area contributed by atoms with Crippen LogP contribution in [0.4, 0.5) is 8.78 Å². The lowest BCUT2D eigenvalue weighted by atomic mass is 10.0. The van der Waals surface area contributed by atoms with E-state index in [4.69, 9.17) is 23.2 Å². The standard InChI is InChI=1S/C21H12Cl2F2N2O/c22-15-2-1-3-16(23)20(15)21-26-17-5-4-12(9-18(17)27-21)19(28)8-11-6-13(24)10-14(25)7-11/h1-7,9-10H,8H2,(H,26,27). The minimum absolute atomic E-state index is 0.114. The van der Waals surface area contributed by atoms with Crippen LogP contribution in [0.5, 0.6) is 0 Å². The highest BCUT2D eigenvalue weighted by Crippen LogP contribution is 2.34. The second-order valence-electron chi connectivity index (χ2n) is 6.29. The molecule has 0 fully saturated rings. The van der Waals surface area contributed by atoms with E-state index >= 15 is 0 Å². The molecule has 0 unspecified atom stereocenters. The quantitative estimate of drug-likeness (QED) is 0.400. The second-order valence-corrected chi connectivity index (χ2v) is 7.11. The molecule has 1 N–H and O–H groups in total. The summed E-state index contributed by atoms with van der Waals surface area (Å²) in [6, 6.07) is 13.2. The van der Waals surface area contributed by atoms with Crippen LogP contribution in [0.15, 0.2) is 54.6 Å². The summed E-state index contributed by atoms with van der Waals surface area (Å²) in [6.07, 6.45) is -0.114. The van der Waals surface area contributed by atoms with Gasteiger partial charge in [-0.25, -0.2) is 13.8 Å². The minimum Gasteiger partial charge on any atom is -0.338 e. The number of halogens is 4. The molecule has 4 rings (SSSR count). The van der Waals surface area contributed by atoms with Crippen LogP contribution in [0.3, 0.4) is 0 Å². The van der Waals surface area contributed by atoms with Crippen LogP contribution in [0, 0.1) is 11.6 Å². The first-order valence-electron chi connectivity index (χ1n) is 8.33. The molecule has 0 amide bonds. The topological polar surface area (TPSA) is 45.8 Å². The maximum atomic E-state index is 13.3. The van der Waals surface area contributed by atoms with Crippen molar-refractivity contribution < 1.29 is 13.6 Å². The number of rotatable bonds is 4. The van der Waals surface area contributed by atoms with E-state index in [1.54, 1.807) is 36.4 Å². The van der Waals surface area contributed by atoms with Crippen molar-refractivity contribution in [3.8, 4) is 11.4 Å². The highest BCUT2D eigenvalue weighted by molar-refractivity contribution is 6.39. The molecule has 0 atom stereocenters. The monoisotopic (exact) mass is 416 g/mol. The minimum atomic E-state index is -0.715. The summed E-state index contributed by atoms with van der Waals surface area (Å²) in [6.45, 7) is 0. The third-order valence-electron chi connectivity index (χ3n) is 4.29. The maximum absolute atomic E-state index is 13.3. The Kier molecular flexibility index (Phi) is 4.87. The fourth-order valence-electron chi connectivity index (χ4n) is 3.03. The molecule has 0 aliphatic rings. The molecule has 7 heteroatoms. The van der Waals surface area contributed by atoms with Gasteiger partial charge in [-0.1, -0.05) is 29.3 Å². The molecule has 0 radical (unpaired) electrons. The summed E-state index contributed by atoms with van der Waals surface area (Å²) in [5.74, 6) is -1.21. The van der Waals surface area contributed by atoms with E-state index in [-0.39, 0.29) is 17.8 Å². The summed E-state index contributed by atoms with van der Waals surface area (Å²) < 4.78 is 26.7. The number of nitrogens with one attached hydrogen (secondary N) is 1. The molecule has 1 aromatic heterocycles. The number of imidazole rings is 1. The van der Waals surface area contributed by atoms with Crippen LogP contribution < -0.4 is 0 Å². The summed E-state index contributed by atoms with van der Waals surface area (Å²) in [4.78, 5) is 20.1. The average molecular weight is 417 g/mol. The van der Waals surface area contributed by atoms with Crippen LogP contribution in [0.25, 0.3) is 22.4 Å². The number of aromatic amines is 1. The van der Waals surface area contributed by atoms with Crippen molar-refractivity contribution in [1.82, 2.24) is 9.97 Å². The van der Waals surface area contributed by atoms with Gasteiger partial charge in [-0.2, -0.15) is 0 Å². The molecule has 0 saturated heterocycles. The van der Waals surface area contributed by atoms with E-state index in [0.717, 1.165) is 18.2 Å². The first-order valence-corrected chi connectivity index (χ1v) is 9.08. The molecule has 1 heterocycles. The van der Waals surface area contributed by atoms with Crippen LogP contribution in [0.1, 0.15) is 15.9 Å². The van der Waals surface area contributed by atoms with E-state index in [0.29, 0.717) is 38.0 Å². The van der Waals surface area contributed by atoms with E-state index < -0.39 is 11.6 Å². The summed E-state index contributed by atoms with van der Waals surface area (Å²) in [5.41, 5.74) is 2.51. The Labute approximate surface area is 168 Å². The number of aromatic nitrogens is 2. The van der Waals surface area contributed by atoms with Gasteiger partial charge in [0.25, 0.3) is 0 Å². The molecule has 3 aromatic carbocycles. The zero-order valence-electron chi connectivity index (χ0n) is 14.3. The van der Waals surface area contributed by atoms with Crippen molar-refractivity contribution in [2.45, 2.75) is 6.42 Å². The number of nitrogens with zero attached hydrogens (tertiary/aromatic N) is 1. The van der Waals surface area contributed by atoms with Crippen LogP contribution >= 0.6 is 23.2 Å². The van der Waals surface area contributed by atoms with Gasteiger partial charge < -0.3 is 4.98 Å². The molecular weight excluding hydrogens is 405 g/mol.